The normalized spacial score (nSPS) is 19.9. The third-order valence-corrected chi connectivity index (χ3v) is 8.73. The lowest BCUT2D eigenvalue weighted by Gasteiger charge is -2.49. The molecule has 0 aliphatic heterocycles. The lowest BCUT2D eigenvalue weighted by Crippen LogP contribution is -2.41. The first-order chi connectivity index (χ1) is 17.5. The van der Waals surface area contributed by atoms with Gasteiger partial charge in [-0.25, -0.2) is 0 Å². The number of alkyl halides is 6. The molecule has 39 heavy (non-hydrogen) atoms. The lowest BCUT2D eigenvalue weighted by atomic mass is 9.55. The van der Waals surface area contributed by atoms with Crippen molar-refractivity contribution in [3.63, 3.8) is 0 Å². The van der Waals surface area contributed by atoms with Crippen LogP contribution in [-0.2, 0) is 25.7 Å². The number of benzene rings is 2. The number of aryl methyl sites for hydroxylation is 2. The summed E-state index contributed by atoms with van der Waals surface area (Å²) in [5, 5.41) is 0. The average molecular weight is 603 g/mol. The van der Waals surface area contributed by atoms with Gasteiger partial charge >= 0.3 is 31.3 Å². The molecule has 0 bridgehead atoms. The van der Waals surface area contributed by atoms with Gasteiger partial charge in [-0.1, -0.05) is 45.0 Å². The Morgan fingerprint density at radius 3 is 1.44 bits per heavy atom. The molecule has 1 fully saturated rings. The van der Waals surface area contributed by atoms with E-state index in [4.69, 9.17) is 0 Å². The summed E-state index contributed by atoms with van der Waals surface area (Å²) in [6, 6.07) is 8.28. The highest BCUT2D eigenvalue weighted by atomic mass is 32.2. The highest BCUT2D eigenvalue weighted by molar-refractivity contribution is 7.88. The third kappa shape index (κ3) is 6.31. The average Bonchev–Trinajstić information content (AvgIpc) is 2.73. The molecular weight excluding hydrogens is 574 g/mol. The van der Waals surface area contributed by atoms with Crippen molar-refractivity contribution in [2.45, 2.75) is 70.3 Å². The summed E-state index contributed by atoms with van der Waals surface area (Å²) in [5.74, 6) is -0.837. The molecule has 1 saturated carbocycles. The summed E-state index contributed by atoms with van der Waals surface area (Å²) in [6.07, 6.45) is 1.94. The summed E-state index contributed by atoms with van der Waals surface area (Å²) in [5.41, 5.74) is -10.7. The van der Waals surface area contributed by atoms with E-state index in [-0.39, 0.29) is 22.5 Å². The summed E-state index contributed by atoms with van der Waals surface area (Å²) >= 11 is 0. The third-order valence-electron chi connectivity index (χ3n) is 6.80. The van der Waals surface area contributed by atoms with E-state index in [2.05, 4.69) is 8.37 Å². The summed E-state index contributed by atoms with van der Waals surface area (Å²) < 4.78 is 132. The SMILES string of the molecule is Cc1cc(C2(c3ccc(OS(=O)(=O)C(F)(F)F)c(C)c3)CC(C)CC(C)(C)C2)ccc1OS(=O)(=O)C(F)(F)F. The first-order valence-corrected chi connectivity index (χ1v) is 14.6. The van der Waals surface area contributed by atoms with Gasteiger partial charge in [0.15, 0.2) is 0 Å². The Kier molecular flexibility index (Phi) is 7.85. The summed E-state index contributed by atoms with van der Waals surface area (Å²) in [7, 11) is -11.8. The Morgan fingerprint density at radius 1 is 0.744 bits per heavy atom. The van der Waals surface area contributed by atoms with Crippen LogP contribution < -0.4 is 8.37 Å². The molecule has 1 aliphatic rings. The number of hydrogen-bond acceptors (Lipinski definition) is 6. The zero-order valence-electron chi connectivity index (χ0n) is 21.7. The Morgan fingerprint density at radius 2 is 1.13 bits per heavy atom. The molecule has 1 aliphatic carbocycles. The van der Waals surface area contributed by atoms with Crippen LogP contribution in [0.25, 0.3) is 0 Å². The van der Waals surface area contributed by atoms with Gasteiger partial charge in [0, 0.05) is 5.41 Å². The zero-order valence-corrected chi connectivity index (χ0v) is 23.3. The van der Waals surface area contributed by atoms with Crippen LogP contribution in [0.2, 0.25) is 0 Å². The van der Waals surface area contributed by atoms with Gasteiger partial charge in [0.2, 0.25) is 0 Å². The van der Waals surface area contributed by atoms with Crippen molar-refractivity contribution in [3.8, 4) is 11.5 Å². The number of halogens is 6. The zero-order chi connectivity index (χ0) is 29.8. The number of rotatable bonds is 6. The molecule has 0 saturated heterocycles. The fourth-order valence-electron chi connectivity index (χ4n) is 5.59. The molecule has 3 rings (SSSR count). The Hall–Kier alpha value is -2.48. The molecule has 218 valence electrons. The minimum atomic E-state index is -5.88. The predicted molar refractivity (Wildman–Crippen MR) is 131 cm³/mol. The van der Waals surface area contributed by atoms with Crippen molar-refractivity contribution in [1.82, 2.24) is 0 Å². The molecule has 1 unspecified atom stereocenters. The van der Waals surface area contributed by atoms with Crippen molar-refractivity contribution >= 4 is 20.2 Å². The van der Waals surface area contributed by atoms with Crippen LogP contribution in [0.3, 0.4) is 0 Å². The van der Waals surface area contributed by atoms with Crippen LogP contribution in [0.1, 0.15) is 62.3 Å². The van der Waals surface area contributed by atoms with E-state index in [9.17, 15) is 43.2 Å². The largest absolute Gasteiger partial charge is 0.534 e. The van der Waals surface area contributed by atoms with Crippen LogP contribution in [-0.4, -0.2) is 27.9 Å². The van der Waals surface area contributed by atoms with Gasteiger partial charge in [-0.3, -0.25) is 0 Å². The maximum atomic E-state index is 12.8. The maximum Gasteiger partial charge on any atom is 0.534 e. The first-order valence-electron chi connectivity index (χ1n) is 11.7. The topological polar surface area (TPSA) is 86.7 Å². The van der Waals surface area contributed by atoms with E-state index >= 15 is 0 Å². The molecule has 0 amide bonds. The molecular formula is C25H28F6O6S2. The quantitative estimate of drug-likeness (QED) is 0.203. The minimum Gasteiger partial charge on any atom is -0.376 e. The fraction of sp³-hybridized carbons (Fsp3) is 0.520. The predicted octanol–water partition coefficient (Wildman–Crippen LogP) is 6.89. The molecule has 14 heteroatoms. The van der Waals surface area contributed by atoms with Gasteiger partial charge in [0.05, 0.1) is 0 Å². The van der Waals surface area contributed by atoms with E-state index < -0.39 is 48.2 Å². The molecule has 2 aromatic carbocycles. The molecule has 6 nitrogen and oxygen atoms in total. The van der Waals surface area contributed by atoms with Crippen molar-refractivity contribution < 1.29 is 51.5 Å². The van der Waals surface area contributed by atoms with E-state index in [1.54, 1.807) is 0 Å². The molecule has 1 atom stereocenters. The van der Waals surface area contributed by atoms with Gasteiger partial charge in [0.25, 0.3) is 0 Å². The van der Waals surface area contributed by atoms with E-state index in [1.165, 1.54) is 38.1 Å². The van der Waals surface area contributed by atoms with Crippen LogP contribution in [0.5, 0.6) is 11.5 Å². The molecule has 0 radical (unpaired) electrons. The Labute approximate surface area is 223 Å². The van der Waals surface area contributed by atoms with Crippen LogP contribution in [0.15, 0.2) is 36.4 Å². The smallest absolute Gasteiger partial charge is 0.376 e. The van der Waals surface area contributed by atoms with Gasteiger partial charge < -0.3 is 8.37 Å². The van der Waals surface area contributed by atoms with Crippen LogP contribution in [0.4, 0.5) is 26.3 Å². The molecule has 0 heterocycles. The monoisotopic (exact) mass is 602 g/mol. The first kappa shape index (κ1) is 31.1. The highest BCUT2D eigenvalue weighted by Crippen LogP contribution is 2.54. The second kappa shape index (κ2) is 9.86. The van der Waals surface area contributed by atoms with Crippen LogP contribution >= 0.6 is 0 Å². The molecule has 0 aromatic heterocycles. The van der Waals surface area contributed by atoms with E-state index in [1.807, 2.05) is 20.8 Å². The van der Waals surface area contributed by atoms with Crippen molar-refractivity contribution in [1.29, 1.82) is 0 Å². The van der Waals surface area contributed by atoms with Gasteiger partial charge in [-0.15, -0.1) is 0 Å². The van der Waals surface area contributed by atoms with Crippen LogP contribution in [0, 0.1) is 25.2 Å². The molecule has 2 aromatic rings. The van der Waals surface area contributed by atoms with E-state index in [0.717, 1.165) is 18.6 Å². The van der Waals surface area contributed by atoms with Crippen molar-refractivity contribution in [2.75, 3.05) is 0 Å². The number of hydrogen-bond donors (Lipinski definition) is 0. The van der Waals surface area contributed by atoms with Crippen molar-refractivity contribution in [3.05, 3.63) is 58.7 Å². The maximum absolute atomic E-state index is 12.8. The Bertz CT molecular complexity index is 1370. The Balaban J connectivity index is 2.14. The summed E-state index contributed by atoms with van der Waals surface area (Å²) in [4.78, 5) is 0. The summed E-state index contributed by atoms with van der Waals surface area (Å²) in [6.45, 7) is 8.91. The lowest BCUT2D eigenvalue weighted by molar-refractivity contribution is -0.0505. The molecule has 0 spiro atoms. The standard InChI is InChI=1S/C25H28F6O6S2/c1-15-12-22(4,5)14-23(13-15,18-6-8-20(16(2)10-18)36-38(32,33)24(26,27)28)19-7-9-21(17(3)11-19)37-39(34,35)25(29,30)31/h6-11,15H,12-14H2,1-5H3. The van der Waals surface area contributed by atoms with Gasteiger partial charge in [-0.2, -0.15) is 43.2 Å². The second-order valence-corrected chi connectivity index (χ2v) is 13.9. The van der Waals surface area contributed by atoms with Crippen molar-refractivity contribution in [2.24, 2.45) is 11.3 Å². The van der Waals surface area contributed by atoms with Gasteiger partial charge in [0.1, 0.15) is 11.5 Å². The highest BCUT2D eigenvalue weighted by Gasteiger charge is 2.50. The molecule has 0 N–H and O–H groups in total. The van der Waals surface area contributed by atoms with Gasteiger partial charge in [-0.05, 0) is 78.8 Å². The van der Waals surface area contributed by atoms with E-state index in [0.29, 0.717) is 24.0 Å². The second-order valence-electron chi connectivity index (χ2n) is 10.9. The fourth-order valence-corrected chi connectivity index (χ4v) is 6.63. The minimum absolute atomic E-state index is 0.128.